The van der Waals surface area contributed by atoms with E-state index < -0.39 is 0 Å². The molecule has 1 heterocycles. The first-order chi connectivity index (χ1) is 10.3. The fraction of sp³-hybridized carbons (Fsp3) is 0.250. The lowest BCUT2D eigenvalue weighted by molar-refractivity contribution is 0.0610. The predicted octanol–water partition coefficient (Wildman–Crippen LogP) is 2.04. The third-order valence-electron chi connectivity index (χ3n) is 3.56. The number of nitrogens with two attached hydrogens (primary N) is 1. The van der Waals surface area contributed by atoms with Crippen LogP contribution in [0.25, 0.3) is 0 Å². The topological polar surface area (TPSA) is 65.7 Å². The van der Waals surface area contributed by atoms with Gasteiger partial charge >= 0.3 is 0 Å². The molecular weight excluding hydrogens is 268 g/mol. The Morgan fingerprint density at radius 2 is 1.86 bits per heavy atom. The van der Waals surface area contributed by atoms with Gasteiger partial charge in [-0.05, 0) is 18.2 Å². The van der Waals surface area contributed by atoms with Crippen LogP contribution in [0.3, 0.4) is 0 Å². The summed E-state index contributed by atoms with van der Waals surface area (Å²) >= 11 is 0. The molecular formula is C16H18N2O3. The molecule has 2 aromatic carbocycles. The third kappa shape index (κ3) is 2.66. The molecule has 0 bridgehead atoms. The zero-order valence-corrected chi connectivity index (χ0v) is 11.8. The van der Waals surface area contributed by atoms with Crippen molar-refractivity contribution >= 4 is 0 Å². The van der Waals surface area contributed by atoms with Crippen molar-refractivity contribution in [1.82, 2.24) is 5.43 Å². The number of hydrogen-bond donors (Lipinski definition) is 2. The van der Waals surface area contributed by atoms with Crippen molar-refractivity contribution < 1.29 is 14.2 Å². The van der Waals surface area contributed by atoms with Crippen molar-refractivity contribution in [2.24, 2.45) is 5.84 Å². The van der Waals surface area contributed by atoms with E-state index in [1.165, 1.54) is 0 Å². The van der Waals surface area contributed by atoms with Crippen LogP contribution in [0, 0.1) is 0 Å². The van der Waals surface area contributed by atoms with Gasteiger partial charge < -0.3 is 14.2 Å². The second kappa shape index (κ2) is 6.03. The highest BCUT2D eigenvalue weighted by Crippen LogP contribution is 2.36. The molecule has 1 aliphatic heterocycles. The highest BCUT2D eigenvalue weighted by Gasteiger charge is 2.31. The van der Waals surface area contributed by atoms with E-state index in [2.05, 4.69) is 5.43 Å². The van der Waals surface area contributed by atoms with Gasteiger partial charge in [0.15, 0.2) is 17.6 Å². The minimum Gasteiger partial charge on any atom is -0.496 e. The summed E-state index contributed by atoms with van der Waals surface area (Å²) in [6.07, 6.45) is -0.235. The van der Waals surface area contributed by atoms with Crippen LogP contribution in [0.15, 0.2) is 48.5 Å². The summed E-state index contributed by atoms with van der Waals surface area (Å²) in [6.45, 7) is 0.421. The first-order valence-electron chi connectivity index (χ1n) is 6.81. The Labute approximate surface area is 123 Å². The normalized spacial score (nSPS) is 18.1. The van der Waals surface area contributed by atoms with E-state index in [4.69, 9.17) is 20.1 Å². The summed E-state index contributed by atoms with van der Waals surface area (Å²) in [4.78, 5) is 0. The Balaban J connectivity index is 1.88. The van der Waals surface area contributed by atoms with E-state index in [9.17, 15) is 0 Å². The van der Waals surface area contributed by atoms with Crippen LogP contribution in [0.4, 0.5) is 0 Å². The molecule has 3 N–H and O–H groups in total. The van der Waals surface area contributed by atoms with Crippen LogP contribution < -0.4 is 25.5 Å². The molecule has 3 rings (SSSR count). The van der Waals surface area contributed by atoms with Crippen molar-refractivity contribution in [2.75, 3.05) is 13.7 Å². The van der Waals surface area contributed by atoms with Gasteiger partial charge in [-0.3, -0.25) is 5.84 Å². The number of benzene rings is 2. The number of rotatable bonds is 4. The number of methoxy groups -OCH3 is 1. The number of fused-ring (bicyclic) bond motifs is 1. The predicted molar refractivity (Wildman–Crippen MR) is 79.4 cm³/mol. The lowest BCUT2D eigenvalue weighted by Gasteiger charge is -2.32. The number of hydrazine groups is 1. The maximum atomic E-state index is 6.02. The quantitative estimate of drug-likeness (QED) is 0.665. The highest BCUT2D eigenvalue weighted by molar-refractivity contribution is 5.42. The van der Waals surface area contributed by atoms with Gasteiger partial charge in [-0.2, -0.15) is 0 Å². The Morgan fingerprint density at radius 3 is 2.62 bits per heavy atom. The zero-order valence-electron chi connectivity index (χ0n) is 11.8. The molecule has 0 amide bonds. The average molecular weight is 286 g/mol. The molecule has 0 radical (unpaired) electrons. The Hall–Kier alpha value is -2.24. The van der Waals surface area contributed by atoms with E-state index in [0.717, 1.165) is 22.8 Å². The summed E-state index contributed by atoms with van der Waals surface area (Å²) < 4.78 is 17.2. The first kappa shape index (κ1) is 13.7. The minimum absolute atomic E-state index is 0.227. The smallest absolute Gasteiger partial charge is 0.161 e. The molecule has 0 spiro atoms. The van der Waals surface area contributed by atoms with Crippen molar-refractivity contribution in [3.05, 3.63) is 54.1 Å². The second-order valence-corrected chi connectivity index (χ2v) is 4.80. The highest BCUT2D eigenvalue weighted by atomic mass is 16.6. The average Bonchev–Trinajstić information content (AvgIpc) is 2.56. The zero-order chi connectivity index (χ0) is 14.7. The molecule has 0 aliphatic carbocycles. The molecule has 5 nitrogen and oxygen atoms in total. The summed E-state index contributed by atoms with van der Waals surface area (Å²) in [6, 6.07) is 15.1. The monoisotopic (exact) mass is 286 g/mol. The maximum absolute atomic E-state index is 6.02. The number of hydrogen-bond acceptors (Lipinski definition) is 5. The van der Waals surface area contributed by atoms with E-state index in [0.29, 0.717) is 6.61 Å². The standard InChI is InChI=1S/C16H18N2O3/c1-19-12-7-3-2-6-11(12)16(18-17)15-10-20-13-8-4-5-9-14(13)21-15/h2-9,15-16,18H,10,17H2,1H3. The van der Waals surface area contributed by atoms with Crippen LogP contribution in [0.5, 0.6) is 17.2 Å². The van der Waals surface area contributed by atoms with Gasteiger partial charge in [0.05, 0.1) is 13.2 Å². The number of ether oxygens (including phenoxy) is 3. The van der Waals surface area contributed by atoms with Crippen molar-refractivity contribution in [3.63, 3.8) is 0 Å². The fourth-order valence-corrected chi connectivity index (χ4v) is 2.52. The molecule has 0 fully saturated rings. The van der Waals surface area contributed by atoms with Gasteiger partial charge in [-0.25, -0.2) is 5.43 Å². The van der Waals surface area contributed by atoms with E-state index in [-0.39, 0.29) is 12.1 Å². The molecule has 2 aromatic rings. The lowest BCUT2D eigenvalue weighted by atomic mass is 10.0. The van der Waals surface area contributed by atoms with Crippen molar-refractivity contribution in [3.8, 4) is 17.2 Å². The molecule has 1 aliphatic rings. The van der Waals surface area contributed by atoms with Gasteiger partial charge in [0.2, 0.25) is 0 Å². The summed E-state index contributed by atoms with van der Waals surface area (Å²) in [5.74, 6) is 7.98. The Bertz CT molecular complexity index is 618. The molecule has 0 saturated heterocycles. The van der Waals surface area contributed by atoms with Crippen LogP contribution >= 0.6 is 0 Å². The lowest BCUT2D eigenvalue weighted by Crippen LogP contribution is -2.44. The second-order valence-electron chi connectivity index (χ2n) is 4.80. The number of para-hydroxylation sites is 3. The van der Waals surface area contributed by atoms with Crippen LogP contribution in [-0.2, 0) is 0 Å². The summed E-state index contributed by atoms with van der Waals surface area (Å²) in [5.41, 5.74) is 3.75. The molecule has 21 heavy (non-hydrogen) atoms. The SMILES string of the molecule is COc1ccccc1C(NN)C1COc2ccccc2O1. The summed E-state index contributed by atoms with van der Waals surface area (Å²) in [7, 11) is 1.64. The van der Waals surface area contributed by atoms with Gasteiger partial charge in [0.1, 0.15) is 12.4 Å². The van der Waals surface area contributed by atoms with E-state index in [1.54, 1.807) is 7.11 Å². The van der Waals surface area contributed by atoms with E-state index >= 15 is 0 Å². The fourth-order valence-electron chi connectivity index (χ4n) is 2.52. The van der Waals surface area contributed by atoms with E-state index in [1.807, 2.05) is 48.5 Å². The molecule has 5 heteroatoms. The minimum atomic E-state index is -0.235. The number of nitrogens with one attached hydrogen (secondary N) is 1. The van der Waals surface area contributed by atoms with Gasteiger partial charge in [-0.1, -0.05) is 30.3 Å². The van der Waals surface area contributed by atoms with Crippen LogP contribution in [0.2, 0.25) is 0 Å². The molecule has 110 valence electrons. The van der Waals surface area contributed by atoms with Gasteiger partial charge in [0.25, 0.3) is 0 Å². The Morgan fingerprint density at radius 1 is 1.14 bits per heavy atom. The van der Waals surface area contributed by atoms with Crippen LogP contribution in [0.1, 0.15) is 11.6 Å². The molecule has 0 saturated carbocycles. The van der Waals surface area contributed by atoms with Crippen molar-refractivity contribution in [1.29, 1.82) is 0 Å². The third-order valence-corrected chi connectivity index (χ3v) is 3.56. The summed E-state index contributed by atoms with van der Waals surface area (Å²) in [5, 5.41) is 0. The van der Waals surface area contributed by atoms with Crippen molar-refractivity contribution in [2.45, 2.75) is 12.1 Å². The first-order valence-corrected chi connectivity index (χ1v) is 6.81. The largest absolute Gasteiger partial charge is 0.496 e. The maximum Gasteiger partial charge on any atom is 0.161 e. The molecule has 0 aromatic heterocycles. The van der Waals surface area contributed by atoms with Crippen LogP contribution in [-0.4, -0.2) is 19.8 Å². The van der Waals surface area contributed by atoms with Gasteiger partial charge in [-0.15, -0.1) is 0 Å². The molecule has 2 atom stereocenters. The van der Waals surface area contributed by atoms with Gasteiger partial charge in [0, 0.05) is 5.56 Å². The molecule has 2 unspecified atom stereocenters. The Kier molecular flexibility index (Phi) is 3.94.